The number of carbonyl (C=O) groups is 1. The number of benzene rings is 1. The van der Waals surface area contributed by atoms with E-state index in [2.05, 4.69) is 15.6 Å². The fourth-order valence-electron chi connectivity index (χ4n) is 3.79. The molecule has 1 aliphatic heterocycles. The van der Waals surface area contributed by atoms with Crippen molar-refractivity contribution < 1.29 is 9.53 Å². The molecule has 2 aliphatic rings. The van der Waals surface area contributed by atoms with Gasteiger partial charge in [-0.25, -0.2) is 0 Å². The maximum atomic E-state index is 12.5. The summed E-state index contributed by atoms with van der Waals surface area (Å²) in [5, 5.41) is 7.76. The van der Waals surface area contributed by atoms with E-state index in [1.54, 1.807) is 0 Å². The maximum Gasteiger partial charge on any atom is 0.267 e. The van der Waals surface area contributed by atoms with Crippen molar-refractivity contribution >= 4 is 16.8 Å². The number of amides is 1. The number of ether oxygens (including phenoxy) is 1. The Labute approximate surface area is 135 Å². The van der Waals surface area contributed by atoms with Crippen LogP contribution in [-0.4, -0.2) is 35.6 Å². The van der Waals surface area contributed by atoms with Gasteiger partial charge in [-0.3, -0.25) is 4.79 Å². The third-order valence-electron chi connectivity index (χ3n) is 5.16. The lowest BCUT2D eigenvalue weighted by atomic mass is 9.75. The number of hydrogen-bond donors (Lipinski definition) is 3. The molecule has 5 nitrogen and oxygen atoms in total. The van der Waals surface area contributed by atoms with Crippen LogP contribution in [0, 0.1) is 0 Å². The summed E-state index contributed by atoms with van der Waals surface area (Å²) in [5.41, 5.74) is 1.86. The highest BCUT2D eigenvalue weighted by Crippen LogP contribution is 2.38. The number of H-pyrrole nitrogens is 1. The number of aromatic amines is 1. The van der Waals surface area contributed by atoms with Gasteiger partial charge >= 0.3 is 0 Å². The molecular formula is C18H23N3O2. The molecule has 1 aromatic carbocycles. The number of rotatable bonds is 4. The van der Waals surface area contributed by atoms with Crippen LogP contribution in [0.5, 0.6) is 5.75 Å². The van der Waals surface area contributed by atoms with Gasteiger partial charge in [0.25, 0.3) is 5.91 Å². The van der Waals surface area contributed by atoms with Crippen LogP contribution in [0.25, 0.3) is 10.9 Å². The summed E-state index contributed by atoms with van der Waals surface area (Å²) in [5.74, 6) is 0.794. The minimum absolute atomic E-state index is 0.0256. The quantitative estimate of drug-likeness (QED) is 0.813. The van der Waals surface area contributed by atoms with Gasteiger partial charge < -0.3 is 20.4 Å². The van der Waals surface area contributed by atoms with Gasteiger partial charge in [0, 0.05) is 35.1 Å². The molecular weight excluding hydrogens is 290 g/mol. The minimum atomic E-state index is -0.0256. The van der Waals surface area contributed by atoms with Gasteiger partial charge in [-0.1, -0.05) is 0 Å². The lowest BCUT2D eigenvalue weighted by Crippen LogP contribution is -2.45. The molecule has 5 heteroatoms. The number of aromatic nitrogens is 1. The standard InChI is InChI=1S/C18H23N3O2/c1-2-23-14-5-4-12-8-16(21-15(12)9-14)17(22)20-13-10-18(19-11-13)6-3-7-18/h4-5,8-9,13,19,21H,2-3,6-7,10-11H2,1H3,(H,20,22). The molecule has 23 heavy (non-hydrogen) atoms. The van der Waals surface area contributed by atoms with E-state index >= 15 is 0 Å². The van der Waals surface area contributed by atoms with E-state index in [1.807, 2.05) is 31.2 Å². The third-order valence-corrected chi connectivity index (χ3v) is 5.16. The second-order valence-electron chi connectivity index (χ2n) is 6.75. The fourth-order valence-corrected chi connectivity index (χ4v) is 3.79. The van der Waals surface area contributed by atoms with Gasteiger partial charge in [-0.15, -0.1) is 0 Å². The van der Waals surface area contributed by atoms with Gasteiger partial charge in [0.15, 0.2) is 0 Å². The third kappa shape index (κ3) is 2.70. The first-order valence-corrected chi connectivity index (χ1v) is 8.49. The van der Waals surface area contributed by atoms with Crippen LogP contribution >= 0.6 is 0 Å². The van der Waals surface area contributed by atoms with Crippen molar-refractivity contribution in [2.45, 2.75) is 44.2 Å². The smallest absolute Gasteiger partial charge is 0.267 e. The summed E-state index contributed by atoms with van der Waals surface area (Å²) in [4.78, 5) is 15.7. The van der Waals surface area contributed by atoms with E-state index in [0.29, 0.717) is 17.8 Å². The van der Waals surface area contributed by atoms with Crippen molar-refractivity contribution in [3.63, 3.8) is 0 Å². The molecule has 1 aliphatic carbocycles. The highest BCUT2D eigenvalue weighted by molar-refractivity contribution is 5.98. The van der Waals surface area contributed by atoms with Crippen molar-refractivity contribution in [2.24, 2.45) is 0 Å². The number of nitrogens with one attached hydrogen (secondary N) is 3. The van der Waals surface area contributed by atoms with Crippen LogP contribution in [0.1, 0.15) is 43.1 Å². The molecule has 2 aromatic rings. The molecule has 4 rings (SSSR count). The second-order valence-corrected chi connectivity index (χ2v) is 6.75. The van der Waals surface area contributed by atoms with Crippen LogP contribution in [0.4, 0.5) is 0 Å². The Kier molecular flexibility index (Phi) is 3.53. The molecule has 3 N–H and O–H groups in total. The Hall–Kier alpha value is -2.01. The van der Waals surface area contributed by atoms with E-state index in [-0.39, 0.29) is 11.9 Å². The molecule has 122 valence electrons. The molecule has 1 atom stereocenters. The summed E-state index contributed by atoms with van der Waals surface area (Å²) >= 11 is 0. The van der Waals surface area contributed by atoms with Gasteiger partial charge in [0.1, 0.15) is 11.4 Å². The Bertz CT molecular complexity index is 733. The Morgan fingerprint density at radius 3 is 2.96 bits per heavy atom. The normalized spacial score (nSPS) is 22.2. The van der Waals surface area contributed by atoms with Crippen LogP contribution in [0.2, 0.25) is 0 Å². The van der Waals surface area contributed by atoms with Crippen LogP contribution < -0.4 is 15.4 Å². The van der Waals surface area contributed by atoms with E-state index in [9.17, 15) is 4.79 Å². The van der Waals surface area contributed by atoms with Crippen molar-refractivity contribution in [3.8, 4) is 5.75 Å². The number of hydrogen-bond acceptors (Lipinski definition) is 3. The zero-order valence-corrected chi connectivity index (χ0v) is 13.4. The lowest BCUT2D eigenvalue weighted by Gasteiger charge is -2.38. The first-order chi connectivity index (χ1) is 11.2. The monoisotopic (exact) mass is 313 g/mol. The van der Waals surface area contributed by atoms with Gasteiger partial charge in [0.2, 0.25) is 0 Å². The molecule has 1 spiro atoms. The van der Waals surface area contributed by atoms with Gasteiger partial charge in [0.05, 0.1) is 6.61 Å². The largest absolute Gasteiger partial charge is 0.494 e. The molecule has 1 amide bonds. The first-order valence-electron chi connectivity index (χ1n) is 8.49. The molecule has 2 heterocycles. The predicted octanol–water partition coefficient (Wildman–Crippen LogP) is 2.58. The first kappa shape index (κ1) is 14.6. The number of fused-ring (bicyclic) bond motifs is 1. The summed E-state index contributed by atoms with van der Waals surface area (Å²) in [7, 11) is 0. The highest BCUT2D eigenvalue weighted by Gasteiger charge is 2.43. The van der Waals surface area contributed by atoms with Gasteiger partial charge in [-0.05, 0) is 50.8 Å². The topological polar surface area (TPSA) is 66.2 Å². The Morgan fingerprint density at radius 2 is 2.26 bits per heavy atom. The zero-order chi connectivity index (χ0) is 15.9. The lowest BCUT2D eigenvalue weighted by molar-refractivity contribution is 0.0932. The highest BCUT2D eigenvalue weighted by atomic mass is 16.5. The minimum Gasteiger partial charge on any atom is -0.494 e. The second kappa shape index (κ2) is 5.57. The Balaban J connectivity index is 1.46. The maximum absolute atomic E-state index is 12.5. The van der Waals surface area contributed by atoms with E-state index in [4.69, 9.17) is 4.74 Å². The zero-order valence-electron chi connectivity index (χ0n) is 13.4. The van der Waals surface area contributed by atoms with Crippen molar-refractivity contribution in [1.82, 2.24) is 15.6 Å². The molecule has 1 unspecified atom stereocenters. The molecule has 0 radical (unpaired) electrons. The fraction of sp³-hybridized carbons (Fsp3) is 0.500. The van der Waals surface area contributed by atoms with Crippen LogP contribution in [0.3, 0.4) is 0 Å². The van der Waals surface area contributed by atoms with Crippen molar-refractivity contribution in [2.75, 3.05) is 13.2 Å². The molecule has 1 saturated carbocycles. The van der Waals surface area contributed by atoms with Crippen LogP contribution in [0.15, 0.2) is 24.3 Å². The molecule has 2 fully saturated rings. The molecule has 0 bridgehead atoms. The van der Waals surface area contributed by atoms with E-state index in [1.165, 1.54) is 19.3 Å². The van der Waals surface area contributed by atoms with Crippen molar-refractivity contribution in [1.29, 1.82) is 0 Å². The molecule has 1 aromatic heterocycles. The van der Waals surface area contributed by atoms with E-state index in [0.717, 1.165) is 29.6 Å². The molecule has 1 saturated heterocycles. The Morgan fingerprint density at radius 1 is 1.39 bits per heavy atom. The summed E-state index contributed by atoms with van der Waals surface area (Å²) in [6, 6.07) is 7.99. The SMILES string of the molecule is CCOc1ccc2cc(C(=O)NC3CNC4(CCC4)C3)[nH]c2c1. The summed E-state index contributed by atoms with van der Waals surface area (Å²) in [6.45, 7) is 3.47. The average molecular weight is 313 g/mol. The van der Waals surface area contributed by atoms with E-state index < -0.39 is 0 Å². The summed E-state index contributed by atoms with van der Waals surface area (Å²) in [6.07, 6.45) is 4.84. The average Bonchev–Trinajstić information content (AvgIpc) is 3.10. The predicted molar refractivity (Wildman–Crippen MR) is 89.9 cm³/mol. The van der Waals surface area contributed by atoms with Crippen molar-refractivity contribution in [3.05, 3.63) is 30.0 Å². The van der Waals surface area contributed by atoms with Gasteiger partial charge in [-0.2, -0.15) is 0 Å². The van der Waals surface area contributed by atoms with Crippen LogP contribution in [-0.2, 0) is 0 Å². The number of carbonyl (C=O) groups excluding carboxylic acids is 1. The summed E-state index contributed by atoms with van der Waals surface area (Å²) < 4.78 is 5.50.